The Morgan fingerprint density at radius 2 is 1.80 bits per heavy atom. The molecule has 1 fully saturated rings. The molecule has 1 heterocycles. The van der Waals surface area contributed by atoms with E-state index >= 15 is 0 Å². The lowest BCUT2D eigenvalue weighted by Crippen LogP contribution is -2.50. The molecule has 0 spiro atoms. The highest BCUT2D eigenvalue weighted by atomic mass is 79.9. The van der Waals surface area contributed by atoms with Crippen molar-refractivity contribution in [1.82, 2.24) is 9.80 Å². The molecule has 1 aromatic carbocycles. The average Bonchev–Trinajstić information content (AvgIpc) is 2.47. The molecule has 0 aromatic heterocycles. The Morgan fingerprint density at radius 1 is 1.15 bits per heavy atom. The minimum atomic E-state index is 0.00995. The van der Waals surface area contributed by atoms with Gasteiger partial charge in [0.05, 0.1) is 0 Å². The molecule has 0 atom stereocenters. The fourth-order valence-electron chi connectivity index (χ4n) is 2.20. The first-order valence-corrected chi connectivity index (χ1v) is 7.83. The van der Waals surface area contributed by atoms with Crippen molar-refractivity contribution in [3.63, 3.8) is 0 Å². The third kappa shape index (κ3) is 3.73. The van der Waals surface area contributed by atoms with E-state index in [0.717, 1.165) is 4.47 Å². The second-order valence-corrected chi connectivity index (χ2v) is 5.92. The molecule has 0 aliphatic carbocycles. The summed E-state index contributed by atoms with van der Waals surface area (Å²) in [6.07, 6.45) is 0.362. The fraction of sp³-hybridized carbons (Fsp3) is 0.429. The number of nitrogens with zero attached hydrogens (tertiary/aromatic N) is 2. The quantitative estimate of drug-likeness (QED) is 0.777. The van der Waals surface area contributed by atoms with E-state index in [-0.39, 0.29) is 11.8 Å². The molecule has 1 aliphatic heterocycles. The number of carbonyl (C=O) groups excluding carboxylic acids is 2. The van der Waals surface area contributed by atoms with Crippen LogP contribution >= 0.6 is 27.5 Å². The molecule has 108 valence electrons. The number of amides is 2. The summed E-state index contributed by atoms with van der Waals surface area (Å²) in [6, 6.07) is 7.35. The molecular weight excluding hydrogens is 344 g/mol. The topological polar surface area (TPSA) is 40.6 Å². The molecule has 0 radical (unpaired) electrons. The Kier molecular flexibility index (Phi) is 5.43. The second kappa shape index (κ2) is 7.09. The zero-order valence-corrected chi connectivity index (χ0v) is 13.4. The molecule has 0 saturated carbocycles. The molecule has 4 nitrogen and oxygen atoms in total. The molecule has 1 aromatic rings. The number of hydrogen-bond donors (Lipinski definition) is 0. The van der Waals surface area contributed by atoms with Gasteiger partial charge in [-0.15, -0.1) is 11.6 Å². The Labute approximate surface area is 131 Å². The second-order valence-electron chi connectivity index (χ2n) is 4.62. The molecule has 20 heavy (non-hydrogen) atoms. The summed E-state index contributed by atoms with van der Waals surface area (Å²) >= 11 is 8.94. The third-order valence-corrected chi connectivity index (χ3v) is 3.98. The smallest absolute Gasteiger partial charge is 0.254 e. The highest BCUT2D eigenvalue weighted by Gasteiger charge is 2.24. The number of hydrogen-bond acceptors (Lipinski definition) is 2. The van der Waals surface area contributed by atoms with Crippen LogP contribution < -0.4 is 0 Å². The molecule has 2 amide bonds. The van der Waals surface area contributed by atoms with Crippen LogP contribution in [0.3, 0.4) is 0 Å². The van der Waals surface area contributed by atoms with E-state index < -0.39 is 0 Å². The summed E-state index contributed by atoms with van der Waals surface area (Å²) in [7, 11) is 0. The lowest BCUT2D eigenvalue weighted by molar-refractivity contribution is -0.132. The predicted octanol–water partition coefficient (Wildman–Crippen LogP) is 2.36. The maximum Gasteiger partial charge on any atom is 0.254 e. The van der Waals surface area contributed by atoms with Gasteiger partial charge in [-0.1, -0.05) is 22.0 Å². The van der Waals surface area contributed by atoms with Crippen molar-refractivity contribution in [2.24, 2.45) is 0 Å². The monoisotopic (exact) mass is 358 g/mol. The van der Waals surface area contributed by atoms with E-state index in [9.17, 15) is 9.59 Å². The van der Waals surface area contributed by atoms with Gasteiger partial charge in [0.2, 0.25) is 5.91 Å². The third-order valence-electron chi connectivity index (χ3n) is 3.30. The molecular formula is C14H16BrClN2O2. The SMILES string of the molecule is O=C(CCCl)N1CCN(C(=O)c2cccc(Br)c2)CC1. The molecule has 1 saturated heterocycles. The van der Waals surface area contributed by atoms with Crippen LogP contribution in [-0.4, -0.2) is 53.7 Å². The predicted molar refractivity (Wildman–Crippen MR) is 82.0 cm³/mol. The Bertz CT molecular complexity index is 502. The standard InChI is InChI=1S/C14H16BrClN2O2/c15-12-3-1-2-11(10-12)14(20)18-8-6-17(7-9-18)13(19)4-5-16/h1-3,10H,4-9H2. The maximum absolute atomic E-state index is 12.3. The van der Waals surface area contributed by atoms with Crippen LogP contribution in [0, 0.1) is 0 Å². The van der Waals surface area contributed by atoms with Gasteiger partial charge in [-0.2, -0.15) is 0 Å². The van der Waals surface area contributed by atoms with Crippen LogP contribution in [0.5, 0.6) is 0 Å². The van der Waals surface area contributed by atoms with Crippen molar-refractivity contribution < 1.29 is 9.59 Å². The summed E-state index contributed by atoms with van der Waals surface area (Å²) in [6.45, 7) is 2.30. The van der Waals surface area contributed by atoms with Gasteiger partial charge in [-0.05, 0) is 18.2 Å². The molecule has 2 rings (SSSR count). The molecule has 1 aliphatic rings. The molecule has 0 bridgehead atoms. The minimum absolute atomic E-state index is 0.00995. The molecule has 6 heteroatoms. The normalized spacial score (nSPS) is 15.3. The van der Waals surface area contributed by atoms with E-state index in [2.05, 4.69) is 15.9 Å². The number of piperazine rings is 1. The molecule has 0 unspecified atom stereocenters. The van der Waals surface area contributed by atoms with Gasteiger partial charge in [0.15, 0.2) is 0 Å². The zero-order chi connectivity index (χ0) is 14.5. The van der Waals surface area contributed by atoms with Crippen molar-refractivity contribution in [3.8, 4) is 0 Å². The Balaban J connectivity index is 1.93. The summed E-state index contributed by atoms with van der Waals surface area (Å²) in [5, 5.41) is 0. The van der Waals surface area contributed by atoms with Crippen LogP contribution in [0.15, 0.2) is 28.7 Å². The van der Waals surface area contributed by atoms with E-state index in [1.165, 1.54) is 0 Å². The number of alkyl halides is 1. The Morgan fingerprint density at radius 3 is 2.40 bits per heavy atom. The van der Waals surface area contributed by atoms with Gasteiger partial charge in [0.1, 0.15) is 0 Å². The van der Waals surface area contributed by atoms with Crippen molar-refractivity contribution in [1.29, 1.82) is 0 Å². The van der Waals surface area contributed by atoms with Gasteiger partial charge in [-0.25, -0.2) is 0 Å². The minimum Gasteiger partial charge on any atom is -0.339 e. The van der Waals surface area contributed by atoms with Crippen LogP contribution in [0.1, 0.15) is 16.8 Å². The fourth-order valence-corrected chi connectivity index (χ4v) is 2.76. The van der Waals surface area contributed by atoms with Gasteiger partial charge in [0.25, 0.3) is 5.91 Å². The van der Waals surface area contributed by atoms with Gasteiger partial charge in [-0.3, -0.25) is 9.59 Å². The summed E-state index contributed by atoms with van der Waals surface area (Å²) in [5.74, 6) is 0.418. The first-order valence-electron chi connectivity index (χ1n) is 6.50. The summed E-state index contributed by atoms with van der Waals surface area (Å²) in [4.78, 5) is 27.6. The molecule has 0 N–H and O–H groups in total. The first-order chi connectivity index (χ1) is 9.61. The van der Waals surface area contributed by atoms with Crippen LogP contribution in [0.25, 0.3) is 0 Å². The lowest BCUT2D eigenvalue weighted by atomic mass is 10.2. The lowest BCUT2D eigenvalue weighted by Gasteiger charge is -2.34. The Hall–Kier alpha value is -1.07. The average molecular weight is 360 g/mol. The maximum atomic E-state index is 12.3. The van der Waals surface area contributed by atoms with Crippen molar-refractivity contribution in [2.45, 2.75) is 6.42 Å². The van der Waals surface area contributed by atoms with E-state index in [0.29, 0.717) is 44.0 Å². The van der Waals surface area contributed by atoms with Crippen molar-refractivity contribution in [3.05, 3.63) is 34.3 Å². The highest BCUT2D eigenvalue weighted by Crippen LogP contribution is 2.15. The van der Waals surface area contributed by atoms with Crippen molar-refractivity contribution >= 4 is 39.3 Å². The van der Waals surface area contributed by atoms with Gasteiger partial charge < -0.3 is 9.80 Å². The van der Waals surface area contributed by atoms with Crippen LogP contribution in [0.4, 0.5) is 0 Å². The van der Waals surface area contributed by atoms with Crippen molar-refractivity contribution in [2.75, 3.05) is 32.1 Å². The van der Waals surface area contributed by atoms with Crippen LogP contribution in [0.2, 0.25) is 0 Å². The number of rotatable bonds is 3. The van der Waals surface area contributed by atoms with E-state index in [1.54, 1.807) is 15.9 Å². The largest absolute Gasteiger partial charge is 0.339 e. The number of halogens is 2. The summed E-state index contributed by atoms with van der Waals surface area (Å²) in [5.41, 5.74) is 0.667. The highest BCUT2D eigenvalue weighted by molar-refractivity contribution is 9.10. The van der Waals surface area contributed by atoms with Gasteiger partial charge in [0, 0.05) is 48.5 Å². The van der Waals surface area contributed by atoms with Crippen LogP contribution in [-0.2, 0) is 4.79 Å². The van der Waals surface area contributed by atoms with E-state index in [4.69, 9.17) is 11.6 Å². The summed E-state index contributed by atoms with van der Waals surface area (Å²) < 4.78 is 0.888. The van der Waals surface area contributed by atoms with Gasteiger partial charge >= 0.3 is 0 Å². The number of carbonyl (C=O) groups is 2. The van der Waals surface area contributed by atoms with E-state index in [1.807, 2.05) is 18.2 Å². The zero-order valence-electron chi connectivity index (χ0n) is 11.0. The first kappa shape index (κ1) is 15.3. The number of benzene rings is 1.